The average Bonchev–Trinajstić information content (AvgIpc) is 2.68. The van der Waals surface area contributed by atoms with Gasteiger partial charge in [0.05, 0.1) is 0 Å². The Morgan fingerprint density at radius 1 is 0.703 bits per heavy atom. The van der Waals surface area contributed by atoms with Gasteiger partial charge in [-0.3, -0.25) is 24.5 Å². The maximum Gasteiger partial charge on any atom is 0.0352 e. The molecule has 4 fully saturated rings. The first-order valence-electron chi connectivity index (χ1n) is 15.8. The highest BCUT2D eigenvalue weighted by atomic mass is 15.4. The summed E-state index contributed by atoms with van der Waals surface area (Å²) in [5.74, 6) is 0.902. The van der Waals surface area contributed by atoms with Crippen LogP contribution >= 0.6 is 0 Å². The lowest BCUT2D eigenvalue weighted by Crippen LogP contribution is -2.71. The van der Waals surface area contributed by atoms with E-state index in [0.717, 1.165) is 18.0 Å². The lowest BCUT2D eigenvalue weighted by atomic mass is 9.75. The Morgan fingerprint density at radius 2 is 1.22 bits per heavy atom. The third kappa shape index (κ3) is 6.76. The molecule has 4 saturated heterocycles. The van der Waals surface area contributed by atoms with Crippen LogP contribution in [0.5, 0.6) is 0 Å². The zero-order valence-corrected chi connectivity index (χ0v) is 26.7. The predicted molar refractivity (Wildman–Crippen MR) is 159 cm³/mol. The van der Waals surface area contributed by atoms with E-state index < -0.39 is 0 Å². The molecule has 4 rings (SSSR count). The molecule has 216 valence electrons. The van der Waals surface area contributed by atoms with E-state index in [1.165, 1.54) is 78.0 Å². The van der Waals surface area contributed by atoms with E-state index in [2.05, 4.69) is 101 Å². The first-order chi connectivity index (χ1) is 17.1. The fourth-order valence-corrected chi connectivity index (χ4v) is 8.17. The second-order valence-corrected chi connectivity index (χ2v) is 16.3. The van der Waals surface area contributed by atoms with Crippen molar-refractivity contribution in [3.05, 3.63) is 0 Å². The van der Waals surface area contributed by atoms with Crippen LogP contribution in [0.1, 0.15) is 102 Å². The second-order valence-electron chi connectivity index (χ2n) is 16.3. The minimum atomic E-state index is 0.259. The molecule has 0 saturated carbocycles. The molecule has 37 heavy (non-hydrogen) atoms. The summed E-state index contributed by atoms with van der Waals surface area (Å²) >= 11 is 0. The lowest BCUT2D eigenvalue weighted by molar-refractivity contribution is -0.0882. The molecule has 0 N–H and O–H groups in total. The van der Waals surface area contributed by atoms with Crippen LogP contribution in [0.15, 0.2) is 0 Å². The van der Waals surface area contributed by atoms with Gasteiger partial charge in [0.25, 0.3) is 0 Å². The number of piperazine rings is 1. The number of piperidine rings is 1. The summed E-state index contributed by atoms with van der Waals surface area (Å²) < 4.78 is 0. The van der Waals surface area contributed by atoms with Gasteiger partial charge in [-0.05, 0) is 105 Å². The Labute approximate surface area is 231 Å². The first kappa shape index (κ1) is 29.8. The van der Waals surface area contributed by atoms with Crippen LogP contribution in [-0.2, 0) is 0 Å². The molecule has 0 aliphatic carbocycles. The molecular weight excluding hydrogens is 454 g/mol. The molecule has 5 nitrogen and oxygen atoms in total. The van der Waals surface area contributed by atoms with Gasteiger partial charge < -0.3 is 0 Å². The normalized spacial score (nSPS) is 30.9. The highest BCUT2D eigenvalue weighted by molar-refractivity contribution is 5.01. The Morgan fingerprint density at radius 3 is 1.70 bits per heavy atom. The molecule has 5 heteroatoms. The Hall–Kier alpha value is -0.200. The number of nitrogens with zero attached hydrogens (tertiary/aromatic N) is 5. The third-order valence-corrected chi connectivity index (χ3v) is 10.9. The molecule has 1 unspecified atom stereocenters. The van der Waals surface area contributed by atoms with Crippen LogP contribution < -0.4 is 0 Å². The van der Waals surface area contributed by atoms with Gasteiger partial charge in [0, 0.05) is 80.6 Å². The summed E-state index contributed by atoms with van der Waals surface area (Å²) in [6.45, 7) is 37.0. The molecule has 0 aromatic rings. The van der Waals surface area contributed by atoms with Gasteiger partial charge >= 0.3 is 0 Å². The third-order valence-electron chi connectivity index (χ3n) is 10.9. The van der Waals surface area contributed by atoms with Gasteiger partial charge in [-0.2, -0.15) is 0 Å². The fourth-order valence-electron chi connectivity index (χ4n) is 8.17. The minimum absolute atomic E-state index is 0.259. The van der Waals surface area contributed by atoms with E-state index >= 15 is 0 Å². The van der Waals surface area contributed by atoms with Crippen molar-refractivity contribution in [3.63, 3.8) is 0 Å². The smallest absolute Gasteiger partial charge is 0.0352 e. The van der Waals surface area contributed by atoms with Gasteiger partial charge in [0.2, 0.25) is 0 Å². The van der Waals surface area contributed by atoms with Crippen molar-refractivity contribution in [2.75, 3.05) is 52.4 Å². The monoisotopic (exact) mass is 518 g/mol. The summed E-state index contributed by atoms with van der Waals surface area (Å²) in [6, 6.07) is 3.52. The highest BCUT2D eigenvalue weighted by Crippen LogP contribution is 2.37. The average molecular weight is 518 g/mol. The Bertz CT molecular complexity index is 719. The van der Waals surface area contributed by atoms with Crippen molar-refractivity contribution in [2.45, 2.75) is 143 Å². The second kappa shape index (κ2) is 11.0. The molecule has 4 heterocycles. The molecule has 4 aliphatic heterocycles. The van der Waals surface area contributed by atoms with Crippen molar-refractivity contribution >= 4 is 0 Å². The Balaban J connectivity index is 1.19. The van der Waals surface area contributed by atoms with Crippen LogP contribution in [-0.4, -0.2) is 118 Å². The molecule has 0 bridgehead atoms. The van der Waals surface area contributed by atoms with Crippen molar-refractivity contribution in [1.29, 1.82) is 0 Å². The number of rotatable bonds is 7. The summed E-state index contributed by atoms with van der Waals surface area (Å²) in [4.78, 5) is 13.9. The van der Waals surface area contributed by atoms with Gasteiger partial charge in [-0.25, -0.2) is 0 Å². The van der Waals surface area contributed by atoms with Crippen molar-refractivity contribution in [3.8, 4) is 0 Å². The van der Waals surface area contributed by atoms with Crippen LogP contribution in [0.3, 0.4) is 0 Å². The zero-order chi connectivity index (χ0) is 27.3. The standard InChI is InChI=1S/C32H63N5/c1-24(34-20-28(21-34)33-16-13-27(14-17-33)30(4,5)6)12-15-32(10,11)37-25(2)18-35(19-26(37)3)29-22-36(23-29)31(7,8)9/h24-29H,12-23H2,1-11H3/t24?,25-,26+. The Kier molecular flexibility index (Phi) is 8.85. The number of hydrogen-bond acceptors (Lipinski definition) is 5. The summed E-state index contributed by atoms with van der Waals surface area (Å²) in [5, 5.41) is 0. The van der Waals surface area contributed by atoms with Crippen molar-refractivity contribution < 1.29 is 0 Å². The zero-order valence-electron chi connectivity index (χ0n) is 26.7. The number of likely N-dealkylation sites (tertiary alicyclic amines) is 3. The van der Waals surface area contributed by atoms with E-state index in [1.807, 2.05) is 0 Å². The summed E-state index contributed by atoms with van der Waals surface area (Å²) in [6.07, 6.45) is 5.39. The topological polar surface area (TPSA) is 16.2 Å². The maximum absolute atomic E-state index is 2.87. The molecular formula is C32H63N5. The largest absolute Gasteiger partial charge is 0.298 e. The molecule has 3 atom stereocenters. The molecule has 4 aliphatic rings. The van der Waals surface area contributed by atoms with Crippen molar-refractivity contribution in [2.24, 2.45) is 11.3 Å². The SMILES string of the molecule is CC(CCC(C)(C)N1[C@H](C)CN(C2CN(C(C)(C)C)C2)C[C@@H]1C)N1CC(N2CCC(C(C)(C)C)CC2)C1. The van der Waals surface area contributed by atoms with E-state index in [1.54, 1.807) is 0 Å². The van der Waals surface area contributed by atoms with Gasteiger partial charge in [-0.15, -0.1) is 0 Å². The minimum Gasteiger partial charge on any atom is -0.298 e. The van der Waals surface area contributed by atoms with Crippen LogP contribution in [0, 0.1) is 11.3 Å². The summed E-state index contributed by atoms with van der Waals surface area (Å²) in [5.41, 5.74) is 1.05. The van der Waals surface area contributed by atoms with E-state index in [0.29, 0.717) is 29.1 Å². The van der Waals surface area contributed by atoms with Gasteiger partial charge in [0.1, 0.15) is 0 Å². The maximum atomic E-state index is 2.87. The molecule has 0 amide bonds. The summed E-state index contributed by atoms with van der Waals surface area (Å²) in [7, 11) is 0. The van der Waals surface area contributed by atoms with Crippen LogP contribution in [0.25, 0.3) is 0 Å². The molecule has 0 aromatic heterocycles. The van der Waals surface area contributed by atoms with E-state index in [9.17, 15) is 0 Å². The van der Waals surface area contributed by atoms with E-state index in [4.69, 9.17) is 0 Å². The first-order valence-corrected chi connectivity index (χ1v) is 15.8. The fraction of sp³-hybridized carbons (Fsp3) is 1.00. The van der Waals surface area contributed by atoms with Gasteiger partial charge in [0.15, 0.2) is 0 Å². The molecule has 0 aromatic carbocycles. The van der Waals surface area contributed by atoms with Crippen LogP contribution in [0.4, 0.5) is 0 Å². The van der Waals surface area contributed by atoms with Gasteiger partial charge in [-0.1, -0.05) is 20.8 Å². The quantitative estimate of drug-likeness (QED) is 0.457. The number of hydrogen-bond donors (Lipinski definition) is 0. The van der Waals surface area contributed by atoms with Crippen molar-refractivity contribution in [1.82, 2.24) is 24.5 Å². The van der Waals surface area contributed by atoms with E-state index in [-0.39, 0.29) is 5.54 Å². The molecule has 0 radical (unpaired) electrons. The predicted octanol–water partition coefficient (Wildman–Crippen LogP) is 5.25. The lowest BCUT2D eigenvalue weighted by Gasteiger charge is -2.58. The molecule has 0 spiro atoms. The van der Waals surface area contributed by atoms with Crippen LogP contribution in [0.2, 0.25) is 0 Å². The highest BCUT2D eigenvalue weighted by Gasteiger charge is 2.45.